The molecular formula is C24H24N6O3. The summed E-state index contributed by atoms with van der Waals surface area (Å²) in [6, 6.07) is 11.5. The molecule has 0 aliphatic heterocycles. The molecule has 0 unspecified atom stereocenters. The summed E-state index contributed by atoms with van der Waals surface area (Å²) in [5.74, 6) is 0.346. The molecule has 4 aromatic rings. The van der Waals surface area contributed by atoms with Crippen LogP contribution in [0, 0.1) is 11.3 Å². The molecule has 0 saturated carbocycles. The number of fused-ring (bicyclic) bond motifs is 1. The van der Waals surface area contributed by atoms with Gasteiger partial charge in [0.05, 0.1) is 43.2 Å². The third-order valence-electron chi connectivity index (χ3n) is 5.48. The van der Waals surface area contributed by atoms with Crippen LogP contribution in [0.4, 0.5) is 0 Å². The summed E-state index contributed by atoms with van der Waals surface area (Å²) in [6.07, 6.45) is 5.57. The molecule has 0 atom stereocenters. The van der Waals surface area contributed by atoms with Gasteiger partial charge in [-0.3, -0.25) is 14.0 Å². The predicted octanol–water partition coefficient (Wildman–Crippen LogP) is 3.52. The van der Waals surface area contributed by atoms with Gasteiger partial charge in [0.25, 0.3) is 5.91 Å². The first-order valence-corrected chi connectivity index (χ1v) is 10.4. The maximum Gasteiger partial charge on any atom is 0.262 e. The maximum atomic E-state index is 12.9. The smallest absolute Gasteiger partial charge is 0.262 e. The third kappa shape index (κ3) is 3.99. The van der Waals surface area contributed by atoms with Gasteiger partial charge in [0, 0.05) is 37.5 Å². The van der Waals surface area contributed by atoms with Gasteiger partial charge in [-0.1, -0.05) is 6.07 Å². The fourth-order valence-corrected chi connectivity index (χ4v) is 3.70. The van der Waals surface area contributed by atoms with E-state index in [4.69, 9.17) is 14.7 Å². The number of ether oxygens (including phenoxy) is 2. The number of methoxy groups -OCH3 is 2. The molecule has 2 aromatic carbocycles. The van der Waals surface area contributed by atoms with Crippen molar-refractivity contribution in [2.24, 2.45) is 0 Å². The number of hydrogen-bond acceptors (Lipinski definition) is 6. The highest BCUT2D eigenvalue weighted by atomic mass is 16.5. The van der Waals surface area contributed by atoms with E-state index in [9.17, 15) is 4.79 Å². The molecule has 9 nitrogen and oxygen atoms in total. The minimum atomic E-state index is -0.357. The molecule has 0 spiro atoms. The summed E-state index contributed by atoms with van der Waals surface area (Å²) >= 11 is 0. The van der Waals surface area contributed by atoms with Crippen molar-refractivity contribution in [2.45, 2.75) is 13.5 Å². The number of hydrogen-bond donors (Lipinski definition) is 0. The van der Waals surface area contributed by atoms with E-state index in [1.807, 2.05) is 52.8 Å². The van der Waals surface area contributed by atoms with Gasteiger partial charge in [0.15, 0.2) is 0 Å². The van der Waals surface area contributed by atoms with Gasteiger partial charge in [-0.25, -0.2) is 4.98 Å². The Morgan fingerprint density at radius 3 is 2.48 bits per heavy atom. The van der Waals surface area contributed by atoms with Gasteiger partial charge in [0.1, 0.15) is 29.9 Å². The number of amides is 1. The molecule has 0 bridgehead atoms. The molecular weight excluding hydrogens is 420 g/mol. The minimum absolute atomic E-state index is 0.0431. The molecule has 4 rings (SSSR count). The molecule has 9 heteroatoms. The Labute approximate surface area is 191 Å². The van der Waals surface area contributed by atoms with Crippen LogP contribution in [0.2, 0.25) is 0 Å². The van der Waals surface area contributed by atoms with E-state index < -0.39 is 0 Å². The molecule has 168 valence electrons. The lowest BCUT2D eigenvalue weighted by Crippen LogP contribution is -2.28. The van der Waals surface area contributed by atoms with Gasteiger partial charge in [-0.15, -0.1) is 0 Å². The van der Waals surface area contributed by atoms with Gasteiger partial charge in [-0.2, -0.15) is 10.4 Å². The van der Waals surface area contributed by atoms with Crippen molar-refractivity contribution in [2.75, 3.05) is 27.8 Å². The summed E-state index contributed by atoms with van der Waals surface area (Å²) in [6.45, 7) is 2.81. The van der Waals surface area contributed by atoms with Crippen LogP contribution in [0.1, 0.15) is 17.3 Å². The summed E-state index contributed by atoms with van der Waals surface area (Å²) in [5, 5.41) is 13.3. The maximum absolute atomic E-state index is 12.9. The molecule has 2 heterocycles. The van der Waals surface area contributed by atoms with E-state index in [-0.39, 0.29) is 18.0 Å². The molecule has 0 N–H and O–H groups in total. The number of carbonyl (C=O) groups is 1. The van der Waals surface area contributed by atoms with Crippen LogP contribution in [0.15, 0.2) is 49.1 Å². The quantitative estimate of drug-likeness (QED) is 0.405. The second kappa shape index (κ2) is 9.04. The molecule has 0 aliphatic rings. The van der Waals surface area contributed by atoms with Crippen LogP contribution in [-0.2, 0) is 6.54 Å². The summed E-state index contributed by atoms with van der Waals surface area (Å²) in [5.41, 5.74) is 4.78. The number of carbonyl (C=O) groups excluding carboxylic acids is 1. The molecule has 0 saturated heterocycles. The van der Waals surface area contributed by atoms with Crippen molar-refractivity contribution in [3.63, 3.8) is 0 Å². The Morgan fingerprint density at radius 2 is 1.88 bits per heavy atom. The largest absolute Gasteiger partial charge is 0.496 e. The average molecular weight is 444 g/mol. The lowest BCUT2D eigenvalue weighted by atomic mass is 10.1. The van der Waals surface area contributed by atoms with Crippen molar-refractivity contribution in [1.29, 1.82) is 5.26 Å². The Balaban J connectivity index is 1.78. The van der Waals surface area contributed by atoms with Crippen LogP contribution >= 0.6 is 0 Å². The summed E-state index contributed by atoms with van der Waals surface area (Å²) in [4.78, 5) is 18.8. The number of benzene rings is 2. The van der Waals surface area contributed by atoms with E-state index in [0.717, 1.165) is 34.4 Å². The number of rotatable bonds is 7. The Morgan fingerprint density at radius 1 is 1.15 bits per heavy atom. The predicted molar refractivity (Wildman–Crippen MR) is 124 cm³/mol. The SMILES string of the molecule is CCn1cc(-c2ccc3c(c2)ncn3-c2cc(OC)c(C(=O)N(C)CC#N)c(OC)c2)cn1. The van der Waals surface area contributed by atoms with Gasteiger partial charge in [0.2, 0.25) is 0 Å². The molecule has 1 amide bonds. The van der Waals surface area contributed by atoms with E-state index >= 15 is 0 Å². The highest BCUT2D eigenvalue weighted by Crippen LogP contribution is 2.34. The minimum Gasteiger partial charge on any atom is -0.496 e. The Hall–Kier alpha value is -4.32. The van der Waals surface area contributed by atoms with Crippen LogP contribution in [0.3, 0.4) is 0 Å². The van der Waals surface area contributed by atoms with Crippen LogP contribution in [-0.4, -0.2) is 58.0 Å². The number of nitriles is 1. The summed E-state index contributed by atoms with van der Waals surface area (Å²) in [7, 11) is 4.55. The highest BCUT2D eigenvalue weighted by Gasteiger charge is 2.23. The van der Waals surface area contributed by atoms with E-state index in [0.29, 0.717) is 11.5 Å². The van der Waals surface area contributed by atoms with Crippen molar-refractivity contribution < 1.29 is 14.3 Å². The van der Waals surface area contributed by atoms with E-state index in [1.165, 1.54) is 19.1 Å². The standard InChI is InChI=1S/C24H24N6O3/c1-5-29-14-17(13-27-29)16-6-7-20-19(10-16)26-15-30(20)18-11-21(32-3)23(22(12-18)33-4)24(31)28(2)9-8-25/h6-7,10-15H,5,9H2,1-4H3. The Kier molecular flexibility index (Phi) is 6.00. The van der Waals surface area contributed by atoms with Crippen LogP contribution < -0.4 is 9.47 Å². The van der Waals surface area contributed by atoms with Gasteiger partial charge >= 0.3 is 0 Å². The molecule has 0 radical (unpaired) electrons. The first-order chi connectivity index (χ1) is 16.0. The van der Waals surface area contributed by atoms with Crippen molar-refractivity contribution in [3.8, 4) is 34.4 Å². The highest BCUT2D eigenvalue weighted by molar-refractivity contribution is 6.00. The Bertz CT molecular complexity index is 1340. The fraction of sp³-hybridized carbons (Fsp3) is 0.250. The fourth-order valence-electron chi connectivity index (χ4n) is 3.70. The zero-order valence-corrected chi connectivity index (χ0v) is 18.9. The van der Waals surface area contributed by atoms with E-state index in [2.05, 4.69) is 10.1 Å². The van der Waals surface area contributed by atoms with Gasteiger partial charge < -0.3 is 14.4 Å². The zero-order valence-electron chi connectivity index (χ0n) is 18.9. The molecule has 0 aliphatic carbocycles. The van der Waals surface area contributed by atoms with Crippen LogP contribution in [0.5, 0.6) is 11.5 Å². The number of nitrogens with zero attached hydrogens (tertiary/aromatic N) is 6. The van der Waals surface area contributed by atoms with Gasteiger partial charge in [-0.05, 0) is 24.6 Å². The summed E-state index contributed by atoms with van der Waals surface area (Å²) < 4.78 is 14.8. The van der Waals surface area contributed by atoms with Crippen LogP contribution in [0.25, 0.3) is 27.8 Å². The second-order valence-electron chi connectivity index (χ2n) is 7.45. The molecule has 33 heavy (non-hydrogen) atoms. The number of aromatic nitrogens is 4. The lowest BCUT2D eigenvalue weighted by Gasteiger charge is -2.19. The second-order valence-corrected chi connectivity index (χ2v) is 7.45. The lowest BCUT2D eigenvalue weighted by molar-refractivity contribution is 0.0805. The average Bonchev–Trinajstić information content (AvgIpc) is 3.49. The zero-order chi connectivity index (χ0) is 23.5. The number of imidazole rings is 1. The third-order valence-corrected chi connectivity index (χ3v) is 5.48. The van der Waals surface area contributed by atoms with Crippen molar-refractivity contribution >= 4 is 16.9 Å². The van der Waals surface area contributed by atoms with E-state index in [1.54, 1.807) is 25.5 Å². The first kappa shape index (κ1) is 21.9. The normalized spacial score (nSPS) is 10.8. The number of aryl methyl sites for hydroxylation is 1. The van der Waals surface area contributed by atoms with Crippen molar-refractivity contribution in [1.82, 2.24) is 24.2 Å². The first-order valence-electron chi connectivity index (χ1n) is 10.4. The topological polar surface area (TPSA) is 98.2 Å². The van der Waals surface area contributed by atoms with Crippen molar-refractivity contribution in [3.05, 3.63) is 54.6 Å². The monoisotopic (exact) mass is 444 g/mol. The molecule has 2 aromatic heterocycles. The molecule has 0 fully saturated rings.